The molecule has 3 amide bonds. The number of carbonyl (C=O) groups is 3. The smallest absolute Gasteiger partial charge is 0.249 e. The van der Waals surface area contributed by atoms with E-state index in [1.54, 1.807) is 0 Å². The monoisotopic (exact) mass is 485 g/mol. The summed E-state index contributed by atoms with van der Waals surface area (Å²) < 4.78 is 6.91. The van der Waals surface area contributed by atoms with Crippen molar-refractivity contribution in [1.29, 1.82) is 0 Å². The molecule has 1 unspecified atom stereocenters. The van der Waals surface area contributed by atoms with Crippen LogP contribution in [0.4, 0.5) is 0 Å². The van der Waals surface area contributed by atoms with Crippen molar-refractivity contribution in [3.8, 4) is 0 Å². The lowest BCUT2D eigenvalue weighted by Crippen LogP contribution is -2.58. The number of amides is 3. The highest BCUT2D eigenvalue weighted by molar-refractivity contribution is 6.00. The summed E-state index contributed by atoms with van der Waals surface area (Å²) in [7, 11) is 0. The van der Waals surface area contributed by atoms with Gasteiger partial charge in [-0.1, -0.05) is 57.4 Å². The van der Waals surface area contributed by atoms with Crippen LogP contribution in [0.2, 0.25) is 0 Å². The molecular weight excluding hydrogens is 446 g/mol. The van der Waals surface area contributed by atoms with E-state index in [0.29, 0.717) is 26.1 Å². The number of rotatable bonds is 6. The van der Waals surface area contributed by atoms with Crippen LogP contribution < -0.4 is 0 Å². The highest BCUT2D eigenvalue weighted by Crippen LogP contribution is 2.58. The maximum atomic E-state index is 14.2. The lowest BCUT2D eigenvalue weighted by atomic mass is 9.73. The summed E-state index contributed by atoms with van der Waals surface area (Å²) in [6.45, 7) is 5.42. The average Bonchev–Trinajstić information content (AvgIpc) is 3.15. The van der Waals surface area contributed by atoms with Crippen molar-refractivity contribution in [3.63, 3.8) is 0 Å². The summed E-state index contributed by atoms with van der Waals surface area (Å²) in [6.07, 6.45) is 14.5. The van der Waals surface area contributed by atoms with E-state index in [4.69, 9.17) is 4.74 Å². The van der Waals surface area contributed by atoms with Crippen molar-refractivity contribution in [1.82, 2.24) is 14.7 Å². The minimum absolute atomic E-state index is 0.0533. The van der Waals surface area contributed by atoms with Gasteiger partial charge >= 0.3 is 0 Å². The maximum Gasteiger partial charge on any atom is 0.249 e. The molecule has 1 saturated carbocycles. The molecule has 5 rings (SSSR count). The Morgan fingerprint density at radius 2 is 1.69 bits per heavy atom. The fourth-order valence-corrected chi connectivity index (χ4v) is 7.37. The van der Waals surface area contributed by atoms with Crippen LogP contribution in [0.3, 0.4) is 0 Å². The van der Waals surface area contributed by atoms with Crippen LogP contribution in [0.15, 0.2) is 24.3 Å². The number of fused-ring (bicyclic) bond motifs is 2. The number of carbonyl (C=O) groups excluding carboxylic acids is 3. The van der Waals surface area contributed by atoms with Gasteiger partial charge in [0.1, 0.15) is 11.6 Å². The van der Waals surface area contributed by atoms with E-state index < -0.39 is 29.1 Å². The fraction of sp³-hybridized carbons (Fsp3) is 0.741. The van der Waals surface area contributed by atoms with Crippen molar-refractivity contribution in [2.45, 2.75) is 82.1 Å². The van der Waals surface area contributed by atoms with Crippen molar-refractivity contribution in [2.24, 2.45) is 11.8 Å². The minimum atomic E-state index is -1.22. The molecule has 1 N–H and O–H groups in total. The molecule has 1 aliphatic carbocycles. The van der Waals surface area contributed by atoms with E-state index in [-0.39, 0.29) is 36.9 Å². The second-order valence-corrected chi connectivity index (χ2v) is 10.7. The summed E-state index contributed by atoms with van der Waals surface area (Å²) in [5, 5.41) is 9.84. The maximum absolute atomic E-state index is 14.2. The van der Waals surface area contributed by atoms with Crippen LogP contribution in [0.25, 0.3) is 0 Å². The topological polar surface area (TPSA) is 90.4 Å². The molecular formula is C27H39N3O5. The van der Waals surface area contributed by atoms with Gasteiger partial charge in [0.2, 0.25) is 17.7 Å². The molecule has 5 atom stereocenters. The summed E-state index contributed by atoms with van der Waals surface area (Å²) in [4.78, 5) is 47.5. The first kappa shape index (κ1) is 24.5. The molecule has 192 valence electrons. The molecule has 0 bridgehead atoms. The quantitative estimate of drug-likeness (QED) is 0.580. The van der Waals surface area contributed by atoms with E-state index in [1.807, 2.05) is 48.0 Å². The molecule has 5 aliphatic rings. The molecule has 4 aliphatic heterocycles. The number of aliphatic hydroxyl groups is 1. The van der Waals surface area contributed by atoms with Crippen LogP contribution >= 0.6 is 0 Å². The minimum Gasteiger partial charge on any atom is -0.395 e. The summed E-state index contributed by atoms with van der Waals surface area (Å²) in [6, 6.07) is -0.723. The summed E-state index contributed by atoms with van der Waals surface area (Å²) >= 11 is 0. The SMILES string of the molecule is CCCN1CC=C[C@@]2(CC)O[C@]34C=CCN(C5CCCCC5)C(=O)C3N(CCO)C(=O)[C@@H]4[C@H]2C1=O. The van der Waals surface area contributed by atoms with E-state index in [0.717, 1.165) is 32.1 Å². The Bertz CT molecular complexity index is 928. The molecule has 8 heteroatoms. The standard InChI is InChI=1S/C27H39N3O5/c1-3-14-28-15-8-12-26(4-2)20(23(28)32)21-24(33)30(17-18-31)22-25(34)29(19-10-6-5-7-11-19)16-9-13-27(21,22)35-26/h8-9,12-13,19-22,31H,3-7,10-11,14-18H2,1-2H3/t20-,21-,22?,26+,27-/m0/s1. The third kappa shape index (κ3) is 3.58. The third-order valence-electron chi connectivity index (χ3n) is 8.90. The van der Waals surface area contributed by atoms with Crippen molar-refractivity contribution in [3.05, 3.63) is 24.3 Å². The van der Waals surface area contributed by atoms with Crippen LogP contribution in [-0.2, 0) is 19.1 Å². The molecule has 0 aromatic rings. The van der Waals surface area contributed by atoms with E-state index >= 15 is 0 Å². The first-order valence-electron chi connectivity index (χ1n) is 13.5. The predicted molar refractivity (Wildman–Crippen MR) is 130 cm³/mol. The van der Waals surface area contributed by atoms with Crippen molar-refractivity contribution in [2.75, 3.05) is 32.8 Å². The zero-order chi connectivity index (χ0) is 24.8. The molecule has 0 aromatic heterocycles. The Balaban J connectivity index is 1.61. The van der Waals surface area contributed by atoms with Gasteiger partial charge in [-0.25, -0.2) is 0 Å². The molecule has 0 radical (unpaired) electrons. The second-order valence-electron chi connectivity index (χ2n) is 10.7. The molecule has 2 saturated heterocycles. The van der Waals surface area contributed by atoms with E-state index in [9.17, 15) is 19.5 Å². The van der Waals surface area contributed by atoms with E-state index in [2.05, 4.69) is 0 Å². The Kier molecular flexibility index (Phi) is 6.55. The third-order valence-corrected chi connectivity index (χ3v) is 8.90. The van der Waals surface area contributed by atoms with Gasteiger partial charge in [0.05, 0.1) is 24.0 Å². The molecule has 35 heavy (non-hydrogen) atoms. The highest BCUT2D eigenvalue weighted by Gasteiger charge is 2.75. The Hall–Kier alpha value is -2.19. The molecule has 4 heterocycles. The Morgan fingerprint density at radius 3 is 2.37 bits per heavy atom. The van der Waals surface area contributed by atoms with Gasteiger partial charge in [-0.3, -0.25) is 14.4 Å². The van der Waals surface area contributed by atoms with Gasteiger partial charge < -0.3 is 24.5 Å². The Labute approximate surface area is 207 Å². The van der Waals surface area contributed by atoms with Gasteiger partial charge in [0, 0.05) is 32.2 Å². The zero-order valence-corrected chi connectivity index (χ0v) is 21.0. The number of nitrogens with zero attached hydrogens (tertiary/aromatic N) is 3. The van der Waals surface area contributed by atoms with Crippen LogP contribution in [0.5, 0.6) is 0 Å². The largest absolute Gasteiger partial charge is 0.395 e. The lowest BCUT2D eigenvalue weighted by Gasteiger charge is -2.40. The predicted octanol–water partition coefficient (Wildman–Crippen LogP) is 1.88. The molecule has 1 spiro atoms. The highest BCUT2D eigenvalue weighted by atomic mass is 16.5. The van der Waals surface area contributed by atoms with Gasteiger partial charge in [-0.15, -0.1) is 0 Å². The lowest BCUT2D eigenvalue weighted by molar-refractivity contribution is -0.156. The van der Waals surface area contributed by atoms with Gasteiger partial charge in [0.25, 0.3) is 0 Å². The summed E-state index contributed by atoms with van der Waals surface area (Å²) in [5.74, 6) is -1.94. The van der Waals surface area contributed by atoms with E-state index in [1.165, 1.54) is 11.3 Å². The Morgan fingerprint density at radius 1 is 0.943 bits per heavy atom. The number of ether oxygens (including phenoxy) is 1. The second kappa shape index (κ2) is 9.36. The number of likely N-dealkylation sites (tertiary alicyclic amines) is 1. The van der Waals surface area contributed by atoms with Crippen LogP contribution in [0.1, 0.15) is 58.8 Å². The van der Waals surface area contributed by atoms with Crippen molar-refractivity contribution >= 4 is 17.7 Å². The normalized spacial score (nSPS) is 37.4. The zero-order valence-electron chi connectivity index (χ0n) is 21.0. The summed E-state index contributed by atoms with van der Waals surface area (Å²) in [5.41, 5.74) is -2.16. The average molecular weight is 486 g/mol. The molecule has 3 fully saturated rings. The van der Waals surface area contributed by atoms with Gasteiger partial charge in [-0.2, -0.15) is 0 Å². The van der Waals surface area contributed by atoms with Crippen LogP contribution in [-0.4, -0.2) is 93.6 Å². The van der Waals surface area contributed by atoms with Gasteiger partial charge in [0.15, 0.2) is 0 Å². The molecule has 8 nitrogen and oxygen atoms in total. The van der Waals surface area contributed by atoms with Gasteiger partial charge in [-0.05, 0) is 25.7 Å². The first-order chi connectivity index (χ1) is 16.9. The number of hydrogen-bond acceptors (Lipinski definition) is 5. The molecule has 0 aromatic carbocycles. The number of β-amino-alcohol motifs (C(OH)–C–C–N with tert-alkyl or cyclic N) is 1. The fourth-order valence-electron chi connectivity index (χ4n) is 7.37. The van der Waals surface area contributed by atoms with Crippen LogP contribution in [0, 0.1) is 11.8 Å². The first-order valence-corrected chi connectivity index (χ1v) is 13.5. The van der Waals surface area contributed by atoms with Crippen molar-refractivity contribution < 1.29 is 24.2 Å². The number of aliphatic hydroxyl groups excluding tert-OH is 1. The number of hydrogen-bond donors (Lipinski definition) is 1.